The Balaban J connectivity index is 1.72. The maximum absolute atomic E-state index is 12.4. The van der Waals surface area contributed by atoms with Crippen LogP contribution in [-0.4, -0.2) is 45.1 Å². The molecule has 6 heteroatoms. The minimum Gasteiger partial charge on any atom is -0.393 e. The number of carbonyl (C=O) groups excluding carboxylic acids is 1. The maximum Gasteiger partial charge on any atom is 0.190 e. The number of Topliss-reactive ketones (excluding diaryl/α,β-unsaturated/α-hetero) is 1. The number of hydrogen-bond donors (Lipinski definition) is 4. The van der Waals surface area contributed by atoms with Gasteiger partial charge in [0, 0.05) is 5.41 Å². The molecule has 150 valence electrons. The van der Waals surface area contributed by atoms with E-state index in [1.165, 1.54) is 5.57 Å². The number of ketones is 1. The molecule has 27 heavy (non-hydrogen) atoms. The summed E-state index contributed by atoms with van der Waals surface area (Å²) < 4.78 is 0. The number of hydrogen-bond acceptors (Lipinski definition) is 6. The Hall–Kier alpha value is -1.24. The van der Waals surface area contributed by atoms with Crippen molar-refractivity contribution in [3.8, 4) is 0 Å². The van der Waals surface area contributed by atoms with E-state index < -0.39 is 29.5 Å². The second kappa shape index (κ2) is 6.13. The summed E-state index contributed by atoms with van der Waals surface area (Å²) in [5.74, 6) is 5.59. The lowest BCUT2D eigenvalue weighted by atomic mass is 9.45. The number of hydrazone groups is 1. The lowest BCUT2D eigenvalue weighted by Crippen LogP contribution is -2.62. The maximum atomic E-state index is 12.4. The molecule has 7 atom stereocenters. The van der Waals surface area contributed by atoms with Crippen molar-refractivity contribution in [3.05, 3.63) is 11.6 Å². The number of nitrogens with zero attached hydrogens (tertiary/aromatic N) is 1. The molecular formula is C21H32N2O4. The highest BCUT2D eigenvalue weighted by Crippen LogP contribution is 2.67. The number of carbonyl (C=O) groups is 1. The first-order valence-corrected chi connectivity index (χ1v) is 10.2. The van der Waals surface area contributed by atoms with Gasteiger partial charge in [0.2, 0.25) is 0 Å². The molecule has 0 spiro atoms. The first kappa shape index (κ1) is 19.1. The minimum absolute atomic E-state index is 0.0838. The number of allylic oxidation sites excluding steroid dienone is 2. The topological polar surface area (TPSA) is 116 Å². The van der Waals surface area contributed by atoms with Crippen molar-refractivity contribution < 1.29 is 20.1 Å². The average molecular weight is 376 g/mol. The smallest absolute Gasteiger partial charge is 0.190 e. The zero-order valence-electron chi connectivity index (χ0n) is 16.3. The Morgan fingerprint density at radius 1 is 1.30 bits per heavy atom. The van der Waals surface area contributed by atoms with Gasteiger partial charge in [0.15, 0.2) is 5.78 Å². The third-order valence-corrected chi connectivity index (χ3v) is 8.83. The van der Waals surface area contributed by atoms with Crippen LogP contribution < -0.4 is 5.84 Å². The zero-order chi connectivity index (χ0) is 19.6. The van der Waals surface area contributed by atoms with Crippen LogP contribution in [0.5, 0.6) is 0 Å². The summed E-state index contributed by atoms with van der Waals surface area (Å²) in [6, 6.07) is 0. The molecule has 4 aliphatic rings. The van der Waals surface area contributed by atoms with Crippen LogP contribution in [-0.2, 0) is 4.79 Å². The van der Waals surface area contributed by atoms with Gasteiger partial charge < -0.3 is 21.2 Å². The van der Waals surface area contributed by atoms with E-state index in [2.05, 4.69) is 18.1 Å². The van der Waals surface area contributed by atoms with Crippen molar-refractivity contribution in [2.75, 3.05) is 6.61 Å². The van der Waals surface area contributed by atoms with Crippen LogP contribution in [0.1, 0.15) is 58.8 Å². The van der Waals surface area contributed by atoms with Crippen LogP contribution in [0.15, 0.2) is 16.8 Å². The average Bonchev–Trinajstić information content (AvgIpc) is 2.91. The van der Waals surface area contributed by atoms with E-state index in [1.807, 2.05) is 6.92 Å². The van der Waals surface area contributed by atoms with E-state index in [9.17, 15) is 20.1 Å². The highest BCUT2D eigenvalue weighted by molar-refractivity contribution is 5.96. The summed E-state index contributed by atoms with van der Waals surface area (Å²) in [5, 5.41) is 35.8. The van der Waals surface area contributed by atoms with Gasteiger partial charge in [-0.05, 0) is 74.2 Å². The molecule has 0 aromatic carbocycles. The molecule has 5 N–H and O–H groups in total. The Labute approximate surface area is 160 Å². The van der Waals surface area contributed by atoms with Crippen LogP contribution in [0.2, 0.25) is 0 Å². The van der Waals surface area contributed by atoms with Crippen molar-refractivity contribution in [2.45, 2.75) is 70.5 Å². The van der Waals surface area contributed by atoms with Gasteiger partial charge in [-0.2, -0.15) is 5.10 Å². The number of rotatable bonds is 2. The molecule has 0 aromatic rings. The van der Waals surface area contributed by atoms with Crippen molar-refractivity contribution in [2.24, 2.45) is 39.5 Å². The SMILES string of the molecule is C[C@]12CCC(=NN)C=C1CC[C@@H]1[C@@H]2[C@@H](O)C[C@@]2(C)[C@H]1CC[C@]2(O)C(=O)CO. The number of fused-ring (bicyclic) bond motifs is 5. The molecule has 6 nitrogen and oxygen atoms in total. The van der Waals surface area contributed by atoms with Crippen molar-refractivity contribution >= 4 is 11.5 Å². The fraction of sp³-hybridized carbons (Fsp3) is 0.810. The molecule has 0 saturated heterocycles. The predicted octanol–water partition coefficient (Wildman–Crippen LogP) is 1.53. The van der Waals surface area contributed by atoms with Gasteiger partial charge in [-0.15, -0.1) is 0 Å². The van der Waals surface area contributed by atoms with Gasteiger partial charge in [0.1, 0.15) is 12.2 Å². The van der Waals surface area contributed by atoms with Gasteiger partial charge in [-0.3, -0.25) is 4.79 Å². The molecule has 0 amide bonds. The van der Waals surface area contributed by atoms with E-state index in [-0.39, 0.29) is 23.2 Å². The molecular weight excluding hydrogens is 344 g/mol. The van der Waals surface area contributed by atoms with Gasteiger partial charge in [-0.25, -0.2) is 0 Å². The van der Waals surface area contributed by atoms with E-state index >= 15 is 0 Å². The Morgan fingerprint density at radius 2 is 2.04 bits per heavy atom. The van der Waals surface area contributed by atoms with Crippen LogP contribution in [0.25, 0.3) is 0 Å². The van der Waals surface area contributed by atoms with Crippen LogP contribution in [0.4, 0.5) is 0 Å². The van der Waals surface area contributed by atoms with Crippen LogP contribution in [0.3, 0.4) is 0 Å². The lowest BCUT2D eigenvalue weighted by Gasteiger charge is -2.60. The van der Waals surface area contributed by atoms with Gasteiger partial charge in [-0.1, -0.05) is 19.4 Å². The normalized spacial score (nSPS) is 50.6. The highest BCUT2D eigenvalue weighted by Gasteiger charge is 2.68. The van der Waals surface area contributed by atoms with Crippen LogP contribution in [0, 0.1) is 28.6 Å². The van der Waals surface area contributed by atoms with Crippen molar-refractivity contribution in [1.82, 2.24) is 0 Å². The third-order valence-electron chi connectivity index (χ3n) is 8.83. The largest absolute Gasteiger partial charge is 0.393 e. The second-order valence-electron chi connectivity index (χ2n) is 9.71. The Kier molecular flexibility index (Phi) is 4.33. The molecule has 4 rings (SSSR count). The monoisotopic (exact) mass is 376 g/mol. The van der Waals surface area contributed by atoms with Crippen LogP contribution >= 0.6 is 0 Å². The molecule has 0 heterocycles. The number of nitrogens with two attached hydrogens (primary N) is 1. The fourth-order valence-electron chi connectivity index (χ4n) is 7.39. The molecule has 0 radical (unpaired) electrons. The van der Waals surface area contributed by atoms with E-state index in [0.717, 1.165) is 37.8 Å². The lowest BCUT2D eigenvalue weighted by molar-refractivity contribution is -0.181. The second-order valence-corrected chi connectivity index (χ2v) is 9.71. The fourth-order valence-corrected chi connectivity index (χ4v) is 7.39. The quantitative estimate of drug-likeness (QED) is 0.431. The van der Waals surface area contributed by atoms with E-state index in [1.54, 1.807) is 0 Å². The molecule has 0 aromatic heterocycles. The first-order valence-electron chi connectivity index (χ1n) is 10.2. The van der Waals surface area contributed by atoms with E-state index in [4.69, 9.17) is 5.84 Å². The van der Waals surface area contributed by atoms with Gasteiger partial charge in [0.25, 0.3) is 0 Å². The molecule has 0 bridgehead atoms. The predicted molar refractivity (Wildman–Crippen MR) is 102 cm³/mol. The van der Waals surface area contributed by atoms with Crippen molar-refractivity contribution in [3.63, 3.8) is 0 Å². The first-order chi connectivity index (χ1) is 12.7. The molecule has 0 unspecified atom stereocenters. The summed E-state index contributed by atoms with van der Waals surface area (Å²) in [6.07, 6.45) is 6.76. The highest BCUT2D eigenvalue weighted by atomic mass is 16.3. The molecule has 3 saturated carbocycles. The molecule has 3 fully saturated rings. The number of aliphatic hydroxyl groups is 3. The van der Waals surface area contributed by atoms with E-state index in [0.29, 0.717) is 12.8 Å². The molecule has 0 aliphatic heterocycles. The summed E-state index contributed by atoms with van der Waals surface area (Å²) in [5.41, 5.74) is -0.0221. The summed E-state index contributed by atoms with van der Waals surface area (Å²) in [7, 11) is 0. The summed E-state index contributed by atoms with van der Waals surface area (Å²) in [4.78, 5) is 12.4. The Morgan fingerprint density at radius 3 is 2.70 bits per heavy atom. The molecule has 4 aliphatic carbocycles. The standard InChI is InChI=1S/C21H32N2O4/c1-19-7-5-13(23-22)9-12(19)3-4-14-15-6-8-21(27,17(26)11-24)20(15,2)10-16(25)18(14)19/h9,14-16,18,24-25,27H,3-8,10-11,22H2,1-2H3/t14-,15-,16-,18+,19-,20-,21-/m0/s1. The van der Waals surface area contributed by atoms with Gasteiger partial charge in [0.05, 0.1) is 11.8 Å². The Bertz CT molecular complexity index is 719. The summed E-state index contributed by atoms with van der Waals surface area (Å²) in [6.45, 7) is 3.56. The number of aliphatic hydroxyl groups excluding tert-OH is 2. The van der Waals surface area contributed by atoms with Crippen molar-refractivity contribution in [1.29, 1.82) is 0 Å². The van der Waals surface area contributed by atoms with Gasteiger partial charge >= 0.3 is 0 Å². The third kappa shape index (κ3) is 2.36. The minimum atomic E-state index is -1.53. The summed E-state index contributed by atoms with van der Waals surface area (Å²) >= 11 is 0. The zero-order valence-corrected chi connectivity index (χ0v) is 16.3.